The number of hydrogen-bond acceptors (Lipinski definition) is 3. The molecule has 0 heterocycles. The van der Waals surface area contributed by atoms with Gasteiger partial charge in [-0.2, -0.15) is 0 Å². The molecule has 0 radical (unpaired) electrons. The van der Waals surface area contributed by atoms with Crippen molar-refractivity contribution in [2.45, 2.75) is 12.8 Å². The molecule has 5 heteroatoms. The topological polar surface area (TPSA) is 47.6 Å². The number of aryl methyl sites for hydroxylation is 1. The van der Waals surface area contributed by atoms with Crippen LogP contribution in [0.3, 0.4) is 0 Å². The van der Waals surface area contributed by atoms with Crippen molar-refractivity contribution in [2.75, 3.05) is 19.5 Å². The van der Waals surface area contributed by atoms with Gasteiger partial charge in [-0.15, -0.1) is 0 Å². The maximum Gasteiger partial charge on any atom is 0.224 e. The lowest BCUT2D eigenvalue weighted by molar-refractivity contribution is -0.116. The van der Waals surface area contributed by atoms with Crippen LogP contribution in [0.1, 0.15) is 12.0 Å². The molecule has 116 valence electrons. The second kappa shape index (κ2) is 7.71. The van der Waals surface area contributed by atoms with Gasteiger partial charge < -0.3 is 14.8 Å². The quantitative estimate of drug-likeness (QED) is 0.877. The minimum Gasteiger partial charge on any atom is -0.497 e. The molecule has 2 aromatic carbocycles. The van der Waals surface area contributed by atoms with Gasteiger partial charge in [0.1, 0.15) is 11.5 Å². The summed E-state index contributed by atoms with van der Waals surface area (Å²) in [6.45, 7) is 0. The van der Waals surface area contributed by atoms with E-state index in [9.17, 15) is 4.79 Å². The van der Waals surface area contributed by atoms with E-state index in [0.717, 1.165) is 11.3 Å². The van der Waals surface area contributed by atoms with Gasteiger partial charge in [0.25, 0.3) is 0 Å². The lowest BCUT2D eigenvalue weighted by Gasteiger charge is -2.10. The van der Waals surface area contributed by atoms with Crippen molar-refractivity contribution >= 4 is 23.2 Å². The molecule has 1 amide bonds. The molecular weight excluding hydrogens is 302 g/mol. The van der Waals surface area contributed by atoms with Crippen LogP contribution in [-0.4, -0.2) is 20.1 Å². The van der Waals surface area contributed by atoms with Gasteiger partial charge in [-0.1, -0.05) is 23.7 Å². The van der Waals surface area contributed by atoms with Gasteiger partial charge in [0.2, 0.25) is 5.91 Å². The highest BCUT2D eigenvalue weighted by molar-refractivity contribution is 6.31. The average molecular weight is 320 g/mol. The maximum atomic E-state index is 12.1. The van der Waals surface area contributed by atoms with Crippen LogP contribution in [0.15, 0.2) is 42.5 Å². The van der Waals surface area contributed by atoms with Crippen molar-refractivity contribution in [3.8, 4) is 11.5 Å². The van der Waals surface area contributed by atoms with E-state index in [1.807, 2.05) is 24.3 Å². The minimum absolute atomic E-state index is 0.0941. The molecule has 0 bridgehead atoms. The van der Waals surface area contributed by atoms with Gasteiger partial charge in [0.05, 0.1) is 19.9 Å². The predicted molar refractivity (Wildman–Crippen MR) is 87.9 cm³/mol. The van der Waals surface area contributed by atoms with E-state index >= 15 is 0 Å². The highest BCUT2D eigenvalue weighted by Crippen LogP contribution is 2.27. The van der Waals surface area contributed by atoms with Gasteiger partial charge in [-0.25, -0.2) is 0 Å². The number of methoxy groups -OCH3 is 2. The Bertz CT molecular complexity index is 658. The number of amides is 1. The molecule has 0 saturated carbocycles. The van der Waals surface area contributed by atoms with Crippen molar-refractivity contribution in [1.29, 1.82) is 0 Å². The third-order valence-corrected chi connectivity index (χ3v) is 3.45. The van der Waals surface area contributed by atoms with Crippen LogP contribution < -0.4 is 14.8 Å². The average Bonchev–Trinajstić information content (AvgIpc) is 2.53. The summed E-state index contributed by atoms with van der Waals surface area (Å²) in [5.41, 5.74) is 1.62. The van der Waals surface area contributed by atoms with Gasteiger partial charge in [0, 0.05) is 11.4 Å². The number of anilines is 1. The van der Waals surface area contributed by atoms with Crippen molar-refractivity contribution in [1.82, 2.24) is 0 Å². The number of nitrogens with one attached hydrogen (secondary N) is 1. The molecule has 2 aromatic rings. The molecule has 0 aliphatic carbocycles. The number of benzene rings is 2. The Morgan fingerprint density at radius 1 is 1.14 bits per heavy atom. The largest absolute Gasteiger partial charge is 0.497 e. The molecule has 0 aliphatic heterocycles. The number of ether oxygens (including phenoxy) is 2. The zero-order valence-corrected chi connectivity index (χ0v) is 13.3. The SMILES string of the molecule is COc1cccc(CCC(=O)Nc2cc(Cl)ccc2OC)c1. The summed E-state index contributed by atoms with van der Waals surface area (Å²) in [5, 5.41) is 3.37. The lowest BCUT2D eigenvalue weighted by atomic mass is 10.1. The standard InChI is InChI=1S/C17H18ClNO3/c1-21-14-5-3-4-12(10-14)6-9-17(20)19-15-11-13(18)7-8-16(15)22-2/h3-5,7-8,10-11H,6,9H2,1-2H3,(H,19,20). The van der Waals surface area contributed by atoms with Crippen molar-refractivity contribution < 1.29 is 14.3 Å². The van der Waals surface area contributed by atoms with E-state index < -0.39 is 0 Å². The molecule has 1 N–H and O–H groups in total. The third-order valence-electron chi connectivity index (χ3n) is 3.21. The van der Waals surface area contributed by atoms with Crippen LogP contribution in [-0.2, 0) is 11.2 Å². The van der Waals surface area contributed by atoms with Gasteiger partial charge in [-0.05, 0) is 42.3 Å². The molecular formula is C17H18ClNO3. The van der Waals surface area contributed by atoms with E-state index in [4.69, 9.17) is 21.1 Å². The highest BCUT2D eigenvalue weighted by atomic mass is 35.5. The maximum absolute atomic E-state index is 12.1. The molecule has 0 saturated heterocycles. The van der Waals surface area contributed by atoms with Crippen LogP contribution in [0.25, 0.3) is 0 Å². The molecule has 4 nitrogen and oxygen atoms in total. The first-order chi connectivity index (χ1) is 10.6. The summed E-state index contributed by atoms with van der Waals surface area (Å²) < 4.78 is 10.4. The number of carbonyl (C=O) groups excluding carboxylic acids is 1. The smallest absolute Gasteiger partial charge is 0.224 e. The van der Waals surface area contributed by atoms with Crippen molar-refractivity contribution in [2.24, 2.45) is 0 Å². The van der Waals surface area contributed by atoms with Crippen LogP contribution in [0.2, 0.25) is 5.02 Å². The van der Waals surface area contributed by atoms with Gasteiger partial charge >= 0.3 is 0 Å². The number of hydrogen-bond donors (Lipinski definition) is 1. The van der Waals surface area contributed by atoms with Crippen molar-refractivity contribution in [3.05, 3.63) is 53.1 Å². The minimum atomic E-state index is -0.0941. The fourth-order valence-electron chi connectivity index (χ4n) is 2.08. The summed E-state index contributed by atoms with van der Waals surface area (Å²) >= 11 is 5.94. The zero-order chi connectivity index (χ0) is 15.9. The fourth-order valence-corrected chi connectivity index (χ4v) is 2.25. The molecule has 2 rings (SSSR count). The van der Waals surface area contributed by atoms with E-state index in [2.05, 4.69) is 5.32 Å². The van der Waals surface area contributed by atoms with E-state index in [1.54, 1.807) is 32.4 Å². The number of rotatable bonds is 6. The van der Waals surface area contributed by atoms with E-state index in [-0.39, 0.29) is 5.91 Å². The summed E-state index contributed by atoms with van der Waals surface area (Å²) in [6.07, 6.45) is 0.995. The van der Waals surface area contributed by atoms with Crippen molar-refractivity contribution in [3.63, 3.8) is 0 Å². The first-order valence-corrected chi connectivity index (χ1v) is 7.26. The second-order valence-corrected chi connectivity index (χ2v) is 5.18. The Kier molecular flexibility index (Phi) is 5.67. The summed E-state index contributed by atoms with van der Waals surface area (Å²) in [7, 11) is 3.17. The summed E-state index contributed by atoms with van der Waals surface area (Å²) in [6, 6.07) is 12.8. The number of halogens is 1. The summed E-state index contributed by atoms with van der Waals surface area (Å²) in [5.74, 6) is 1.27. The Hall–Kier alpha value is -2.20. The Labute approximate surface area is 135 Å². The number of carbonyl (C=O) groups is 1. The van der Waals surface area contributed by atoms with E-state index in [0.29, 0.717) is 29.3 Å². The Morgan fingerprint density at radius 2 is 1.95 bits per heavy atom. The van der Waals surface area contributed by atoms with Crippen LogP contribution in [0.4, 0.5) is 5.69 Å². The first-order valence-electron chi connectivity index (χ1n) is 6.88. The summed E-state index contributed by atoms with van der Waals surface area (Å²) in [4.78, 5) is 12.1. The third kappa shape index (κ3) is 4.40. The molecule has 0 spiro atoms. The molecule has 0 fully saturated rings. The van der Waals surface area contributed by atoms with Crippen LogP contribution in [0, 0.1) is 0 Å². The Morgan fingerprint density at radius 3 is 2.68 bits per heavy atom. The van der Waals surface area contributed by atoms with Crippen LogP contribution >= 0.6 is 11.6 Å². The molecule has 22 heavy (non-hydrogen) atoms. The molecule has 0 unspecified atom stereocenters. The fraction of sp³-hybridized carbons (Fsp3) is 0.235. The molecule has 0 aliphatic rings. The van der Waals surface area contributed by atoms with Gasteiger partial charge in [0.15, 0.2) is 0 Å². The Balaban J connectivity index is 1.97. The zero-order valence-electron chi connectivity index (χ0n) is 12.6. The predicted octanol–water partition coefficient (Wildman–Crippen LogP) is 3.93. The molecule has 0 atom stereocenters. The van der Waals surface area contributed by atoms with Gasteiger partial charge in [-0.3, -0.25) is 4.79 Å². The highest BCUT2D eigenvalue weighted by Gasteiger charge is 2.09. The first kappa shape index (κ1) is 16.2. The normalized spacial score (nSPS) is 10.1. The van der Waals surface area contributed by atoms with Crippen LogP contribution in [0.5, 0.6) is 11.5 Å². The molecule has 0 aromatic heterocycles. The monoisotopic (exact) mass is 319 g/mol. The lowest BCUT2D eigenvalue weighted by Crippen LogP contribution is -2.13. The second-order valence-electron chi connectivity index (χ2n) is 4.74. The van der Waals surface area contributed by atoms with E-state index in [1.165, 1.54) is 0 Å².